The first-order chi connectivity index (χ1) is 18.2. The molecule has 4 rings (SSSR count). The monoisotopic (exact) mass is 541 g/mol. The second kappa shape index (κ2) is 12.0. The number of benzene rings is 1. The van der Waals surface area contributed by atoms with E-state index in [0.717, 1.165) is 28.9 Å². The largest absolute Gasteiger partial charge is 0.472 e. The summed E-state index contributed by atoms with van der Waals surface area (Å²) >= 11 is 0. The van der Waals surface area contributed by atoms with Crippen molar-refractivity contribution in [2.24, 2.45) is 0 Å². The molecule has 0 saturated carbocycles. The van der Waals surface area contributed by atoms with E-state index in [1.54, 1.807) is 17.7 Å². The lowest BCUT2D eigenvalue weighted by molar-refractivity contribution is -0.143. The van der Waals surface area contributed by atoms with Crippen LogP contribution in [-0.2, 0) is 39.1 Å². The topological polar surface area (TPSA) is 117 Å². The Morgan fingerprint density at radius 2 is 2.08 bits per heavy atom. The maximum Gasteiger partial charge on any atom is 0.306 e. The van der Waals surface area contributed by atoms with Crippen molar-refractivity contribution in [2.75, 3.05) is 13.2 Å². The van der Waals surface area contributed by atoms with Gasteiger partial charge in [-0.25, -0.2) is 13.4 Å². The fourth-order valence-electron chi connectivity index (χ4n) is 4.61. The number of aryl methyl sites for hydroxylation is 3. The summed E-state index contributed by atoms with van der Waals surface area (Å²) in [6, 6.07) is 9.12. The van der Waals surface area contributed by atoms with Gasteiger partial charge in [0.15, 0.2) is 0 Å². The summed E-state index contributed by atoms with van der Waals surface area (Å²) in [6.07, 6.45) is 4.64. The van der Waals surface area contributed by atoms with Crippen molar-refractivity contribution in [2.45, 2.75) is 77.0 Å². The summed E-state index contributed by atoms with van der Waals surface area (Å²) in [5.41, 5.74) is 3.66. The Morgan fingerprint density at radius 3 is 2.82 bits per heavy atom. The van der Waals surface area contributed by atoms with Crippen LogP contribution in [0, 0.1) is 6.92 Å². The van der Waals surface area contributed by atoms with Gasteiger partial charge in [-0.15, -0.1) is 5.10 Å². The highest BCUT2D eigenvalue weighted by molar-refractivity contribution is 7.89. The third-order valence-corrected chi connectivity index (χ3v) is 8.52. The van der Waals surface area contributed by atoms with Gasteiger partial charge in [0, 0.05) is 25.5 Å². The fraction of sp³-hybridized carbons (Fsp3) is 0.481. The van der Waals surface area contributed by atoms with Gasteiger partial charge in [0.05, 0.1) is 25.3 Å². The van der Waals surface area contributed by atoms with E-state index in [1.807, 2.05) is 45.2 Å². The molecular weight excluding hydrogens is 506 g/mol. The van der Waals surface area contributed by atoms with Gasteiger partial charge in [-0.1, -0.05) is 23.4 Å². The number of ether oxygens (including phenoxy) is 2. The number of nitrogens with zero attached hydrogens (tertiary/aromatic N) is 5. The lowest BCUT2D eigenvalue weighted by Crippen LogP contribution is -2.35. The Kier molecular flexibility index (Phi) is 8.78. The molecule has 0 radical (unpaired) electrons. The van der Waals surface area contributed by atoms with Gasteiger partial charge >= 0.3 is 5.97 Å². The molecule has 2 aromatic heterocycles. The van der Waals surface area contributed by atoms with Crippen LogP contribution in [0.1, 0.15) is 61.9 Å². The first-order valence-electron chi connectivity index (χ1n) is 13.0. The van der Waals surface area contributed by atoms with Gasteiger partial charge in [0.25, 0.3) is 0 Å². The molecule has 0 bridgehead atoms. The molecule has 0 spiro atoms. The lowest BCUT2D eigenvalue weighted by Gasteiger charge is -2.23. The summed E-state index contributed by atoms with van der Waals surface area (Å²) in [7, 11) is -3.82. The average Bonchev–Trinajstić information content (AvgIpc) is 3.32. The lowest BCUT2D eigenvalue weighted by atomic mass is 9.88. The SMILES string of the molecule is CCOC(=O)CC(CCc1cn(CC)nn1)c1ccc(C)c(CN2CC(C)Oc3ncccc3S2(=O)=O)c1. The standard InChI is InChI=1S/C27H35N5O5S/c1-5-31-18-24(29-30-31)12-11-22(15-26(33)36-6-2)21-10-9-19(3)23(14-21)17-32-16-20(4)37-27-25(38(32,34)35)8-7-13-28-27/h7-10,13-14,18,20,22H,5-6,11-12,15-17H2,1-4H3. The van der Waals surface area contributed by atoms with Crippen molar-refractivity contribution in [3.05, 3.63) is 65.1 Å². The van der Waals surface area contributed by atoms with E-state index in [2.05, 4.69) is 15.3 Å². The van der Waals surface area contributed by atoms with Gasteiger partial charge < -0.3 is 9.47 Å². The van der Waals surface area contributed by atoms with Crippen molar-refractivity contribution in [1.29, 1.82) is 0 Å². The van der Waals surface area contributed by atoms with Crippen LogP contribution < -0.4 is 4.74 Å². The molecule has 0 amide bonds. The number of esters is 1. The minimum atomic E-state index is -3.82. The number of fused-ring (bicyclic) bond motifs is 1. The van der Waals surface area contributed by atoms with E-state index in [1.165, 1.54) is 16.6 Å². The zero-order valence-electron chi connectivity index (χ0n) is 22.3. The molecule has 0 fully saturated rings. The molecular formula is C27H35N5O5S. The van der Waals surface area contributed by atoms with Gasteiger partial charge in [0.2, 0.25) is 15.9 Å². The highest BCUT2D eigenvalue weighted by Crippen LogP contribution is 2.32. The van der Waals surface area contributed by atoms with Crippen LogP contribution in [-0.4, -0.2) is 57.9 Å². The maximum atomic E-state index is 13.5. The zero-order chi connectivity index (χ0) is 27.3. The Labute approximate surface area is 224 Å². The first kappa shape index (κ1) is 27.7. The van der Waals surface area contributed by atoms with E-state index in [-0.39, 0.29) is 48.3 Å². The van der Waals surface area contributed by atoms with Crippen LogP contribution >= 0.6 is 0 Å². The van der Waals surface area contributed by atoms with Gasteiger partial charge in [-0.05, 0) is 75.3 Å². The molecule has 3 aromatic rings. The Bertz CT molecular complexity index is 1370. The van der Waals surface area contributed by atoms with Crippen LogP contribution in [0.4, 0.5) is 0 Å². The summed E-state index contributed by atoms with van der Waals surface area (Å²) in [4.78, 5) is 16.7. The molecule has 38 heavy (non-hydrogen) atoms. The van der Waals surface area contributed by atoms with Crippen molar-refractivity contribution in [1.82, 2.24) is 24.3 Å². The highest BCUT2D eigenvalue weighted by atomic mass is 32.2. The number of aromatic nitrogens is 4. The molecule has 0 aliphatic carbocycles. The van der Waals surface area contributed by atoms with Crippen molar-refractivity contribution in [3.8, 4) is 5.88 Å². The van der Waals surface area contributed by atoms with Crippen LogP contribution in [0.15, 0.2) is 47.6 Å². The number of hydrogen-bond donors (Lipinski definition) is 0. The number of hydrogen-bond acceptors (Lipinski definition) is 8. The van der Waals surface area contributed by atoms with Crippen LogP contribution in [0.2, 0.25) is 0 Å². The van der Waals surface area contributed by atoms with Gasteiger partial charge in [-0.2, -0.15) is 4.31 Å². The van der Waals surface area contributed by atoms with Crippen molar-refractivity contribution in [3.63, 3.8) is 0 Å². The number of rotatable bonds is 10. The normalized spacial score (nSPS) is 17.7. The van der Waals surface area contributed by atoms with Crippen LogP contribution in [0.25, 0.3) is 0 Å². The Balaban J connectivity index is 1.61. The molecule has 1 aliphatic heterocycles. The first-order valence-corrected chi connectivity index (χ1v) is 14.4. The van der Waals surface area contributed by atoms with E-state index < -0.39 is 10.0 Å². The predicted molar refractivity (Wildman–Crippen MR) is 141 cm³/mol. The number of pyridine rings is 1. The quantitative estimate of drug-likeness (QED) is 0.357. The minimum absolute atomic E-state index is 0.0680. The fourth-order valence-corrected chi connectivity index (χ4v) is 6.17. The molecule has 2 unspecified atom stereocenters. The minimum Gasteiger partial charge on any atom is -0.472 e. The Morgan fingerprint density at radius 1 is 1.26 bits per heavy atom. The second-order valence-corrected chi connectivity index (χ2v) is 11.4. The third kappa shape index (κ3) is 6.39. The molecule has 204 valence electrons. The van der Waals surface area contributed by atoms with E-state index >= 15 is 0 Å². The van der Waals surface area contributed by atoms with E-state index in [0.29, 0.717) is 19.4 Å². The molecule has 0 saturated heterocycles. The third-order valence-electron chi connectivity index (χ3n) is 6.70. The molecule has 11 heteroatoms. The zero-order valence-corrected chi connectivity index (χ0v) is 23.1. The Hall–Kier alpha value is -3.31. The molecule has 2 atom stereocenters. The van der Waals surface area contributed by atoms with Gasteiger partial charge in [0.1, 0.15) is 11.0 Å². The summed E-state index contributed by atoms with van der Waals surface area (Å²) in [5, 5.41) is 8.34. The smallest absolute Gasteiger partial charge is 0.306 e. The van der Waals surface area contributed by atoms with Gasteiger partial charge in [-0.3, -0.25) is 9.48 Å². The average molecular weight is 542 g/mol. The molecule has 1 aliphatic rings. The summed E-state index contributed by atoms with van der Waals surface area (Å²) < 4.78 is 41.4. The maximum absolute atomic E-state index is 13.5. The summed E-state index contributed by atoms with van der Waals surface area (Å²) in [6.45, 7) is 9.02. The van der Waals surface area contributed by atoms with Crippen LogP contribution in [0.5, 0.6) is 5.88 Å². The highest BCUT2D eigenvalue weighted by Gasteiger charge is 2.34. The number of carbonyl (C=O) groups excluding carboxylic acids is 1. The van der Waals surface area contributed by atoms with E-state index in [9.17, 15) is 13.2 Å². The number of sulfonamides is 1. The van der Waals surface area contributed by atoms with Crippen LogP contribution in [0.3, 0.4) is 0 Å². The molecule has 0 N–H and O–H groups in total. The summed E-state index contributed by atoms with van der Waals surface area (Å²) in [5.74, 6) is -0.252. The predicted octanol–water partition coefficient (Wildman–Crippen LogP) is 3.64. The molecule has 3 heterocycles. The molecule has 1 aromatic carbocycles. The van der Waals surface area contributed by atoms with Crippen molar-refractivity contribution < 1.29 is 22.7 Å². The van der Waals surface area contributed by atoms with E-state index in [4.69, 9.17) is 9.47 Å². The second-order valence-electron chi connectivity index (χ2n) is 9.53. The number of carbonyl (C=O) groups is 1. The van der Waals surface area contributed by atoms with Crippen molar-refractivity contribution >= 4 is 16.0 Å². The molecule has 10 nitrogen and oxygen atoms in total.